The lowest BCUT2D eigenvalue weighted by atomic mass is 10.1. The van der Waals surface area contributed by atoms with E-state index >= 15 is 0 Å². The third-order valence-electron chi connectivity index (χ3n) is 9.50. The second kappa shape index (κ2) is 24.5. The summed E-state index contributed by atoms with van der Waals surface area (Å²) in [6, 6.07) is 36.8. The van der Waals surface area contributed by atoms with Crippen molar-refractivity contribution in [1.29, 1.82) is 0 Å². The van der Waals surface area contributed by atoms with Crippen LogP contribution < -0.4 is 0 Å². The van der Waals surface area contributed by atoms with E-state index in [9.17, 15) is 61.3 Å². The van der Waals surface area contributed by atoms with Crippen LogP contribution in [0.5, 0.6) is 86.2 Å². The molecule has 0 heterocycles. The topological polar surface area (TPSA) is 303 Å². The van der Waals surface area contributed by atoms with Crippen molar-refractivity contribution in [2.24, 2.45) is 0 Å². The summed E-state index contributed by atoms with van der Waals surface area (Å²) in [4.78, 5) is 0. The molecular formula is C56H48O15. The highest BCUT2D eigenvalue weighted by Crippen LogP contribution is 2.31. The van der Waals surface area contributed by atoms with Crippen LogP contribution in [0.25, 0.3) is 48.6 Å². The van der Waals surface area contributed by atoms with Gasteiger partial charge in [0.15, 0.2) is 11.5 Å². The van der Waals surface area contributed by atoms with Gasteiger partial charge in [0, 0.05) is 35.9 Å². The minimum Gasteiger partial charge on any atom is -0.508 e. The molecule has 362 valence electrons. The lowest BCUT2D eigenvalue weighted by Crippen LogP contribution is -1.77. The maximum Gasteiger partial charge on any atom is 0.157 e. The maximum absolute atomic E-state index is 9.57. The minimum absolute atomic E-state index is 0.0142. The van der Waals surface area contributed by atoms with Gasteiger partial charge in [0.1, 0.15) is 74.7 Å². The number of rotatable bonds is 8. The molecule has 0 aliphatic carbocycles. The Balaban J connectivity index is 0.000000176. The van der Waals surface area contributed by atoms with Gasteiger partial charge in [0.05, 0.1) is 5.56 Å². The molecule has 0 bridgehead atoms. The van der Waals surface area contributed by atoms with Crippen LogP contribution in [0.4, 0.5) is 0 Å². The lowest BCUT2D eigenvalue weighted by molar-refractivity contribution is 0.403. The summed E-state index contributed by atoms with van der Waals surface area (Å²) in [5.41, 5.74) is 4.89. The molecule has 15 nitrogen and oxygen atoms in total. The Morgan fingerprint density at radius 1 is 0.197 bits per heavy atom. The molecule has 15 heteroatoms. The van der Waals surface area contributed by atoms with Crippen LogP contribution in [0.2, 0.25) is 0 Å². The quantitative estimate of drug-likeness (QED) is 0.0497. The van der Waals surface area contributed by atoms with Gasteiger partial charge in [-0.05, 0) is 137 Å². The van der Waals surface area contributed by atoms with Gasteiger partial charge in [0.25, 0.3) is 0 Å². The van der Waals surface area contributed by atoms with E-state index in [1.165, 1.54) is 109 Å². The van der Waals surface area contributed by atoms with Gasteiger partial charge < -0.3 is 76.6 Å². The smallest absolute Gasteiger partial charge is 0.157 e. The van der Waals surface area contributed by atoms with E-state index in [2.05, 4.69) is 0 Å². The molecule has 0 aromatic heterocycles. The molecule has 15 N–H and O–H groups in total. The van der Waals surface area contributed by atoms with E-state index in [1.54, 1.807) is 85.0 Å². The van der Waals surface area contributed by atoms with E-state index in [-0.39, 0.29) is 91.8 Å². The molecular weight excluding hydrogens is 913 g/mol. The van der Waals surface area contributed by atoms with Crippen molar-refractivity contribution < 1.29 is 76.6 Å². The molecule has 0 aliphatic heterocycles. The molecule has 0 amide bonds. The first-order valence-corrected chi connectivity index (χ1v) is 21.0. The van der Waals surface area contributed by atoms with Crippen LogP contribution in [0.15, 0.2) is 152 Å². The van der Waals surface area contributed by atoms with E-state index in [4.69, 9.17) is 15.3 Å². The van der Waals surface area contributed by atoms with Crippen LogP contribution in [0.3, 0.4) is 0 Å². The standard InChI is InChI=1S/3C14H12O4.C14H12O3/c15-11-4-3-10(14(18)8-11)2-1-9-5-12(16)7-13(17)6-9;15-11-5-10(6-12(16)8-11)2-1-9-3-4-13(17)14(18)7-9;15-10-6-9(7-11(16)8-10)4-5-12-13(17)2-1-3-14(12)18;15-12-5-3-10(4-6-12)1-2-11-7-13(16)9-14(17)8-11/h3*1-8,15-18H;1-9,15-17H/b2*2-1+;5-4+;2-1+. The third kappa shape index (κ3) is 17.1. The molecule has 0 unspecified atom stereocenters. The fourth-order valence-corrected chi connectivity index (χ4v) is 6.22. The Bertz CT molecular complexity index is 3110. The van der Waals surface area contributed by atoms with Crippen LogP contribution in [0, 0.1) is 0 Å². The Labute approximate surface area is 406 Å². The summed E-state index contributed by atoms with van der Waals surface area (Å²) in [5.74, 6) is -0.504. The maximum atomic E-state index is 9.57. The lowest BCUT2D eigenvalue weighted by Gasteiger charge is -2.02. The van der Waals surface area contributed by atoms with E-state index in [1.807, 2.05) is 6.08 Å². The molecule has 0 saturated carbocycles. The van der Waals surface area contributed by atoms with Crippen LogP contribution in [-0.2, 0) is 0 Å². The Morgan fingerprint density at radius 2 is 0.549 bits per heavy atom. The van der Waals surface area contributed by atoms with Crippen molar-refractivity contribution in [3.8, 4) is 86.2 Å². The predicted octanol–water partition coefficient (Wildman–Crippen LogP) is 11.0. The van der Waals surface area contributed by atoms with Crippen molar-refractivity contribution in [3.63, 3.8) is 0 Å². The van der Waals surface area contributed by atoms with Gasteiger partial charge in [-0.3, -0.25) is 0 Å². The van der Waals surface area contributed by atoms with Gasteiger partial charge in [-0.2, -0.15) is 0 Å². The summed E-state index contributed by atoms with van der Waals surface area (Å²) in [6.07, 6.45) is 13.3. The summed E-state index contributed by atoms with van der Waals surface area (Å²) in [7, 11) is 0. The molecule has 0 aliphatic rings. The summed E-state index contributed by atoms with van der Waals surface area (Å²) >= 11 is 0. The zero-order valence-corrected chi connectivity index (χ0v) is 37.3. The molecule has 0 radical (unpaired) electrons. The molecule has 8 rings (SSSR count). The first kappa shape index (κ1) is 51.7. The SMILES string of the molecule is Oc1cc(O)cc(/C=C/c2c(O)cccc2O)c1.Oc1cc(O)cc(/C=C/c2ccc(O)c(O)c2)c1.Oc1cc(O)cc(/C=C/c2ccc(O)cc2O)c1.Oc1ccc(/C=C/c2cc(O)cc(O)c2)cc1. The fourth-order valence-electron chi connectivity index (χ4n) is 6.22. The van der Waals surface area contributed by atoms with Crippen molar-refractivity contribution in [3.05, 3.63) is 196 Å². The average Bonchev–Trinajstić information content (AvgIpc) is 3.28. The zero-order valence-electron chi connectivity index (χ0n) is 37.3. The van der Waals surface area contributed by atoms with Crippen molar-refractivity contribution in [2.45, 2.75) is 0 Å². The Morgan fingerprint density at radius 3 is 0.958 bits per heavy atom. The number of aromatic hydroxyl groups is 15. The predicted molar refractivity (Wildman–Crippen MR) is 272 cm³/mol. The number of hydrogen-bond donors (Lipinski definition) is 15. The molecule has 0 saturated heterocycles. The third-order valence-corrected chi connectivity index (χ3v) is 9.50. The summed E-state index contributed by atoms with van der Waals surface area (Å²) in [5, 5.41) is 140. The highest BCUT2D eigenvalue weighted by Gasteiger charge is 2.05. The van der Waals surface area contributed by atoms with Crippen LogP contribution >= 0.6 is 0 Å². The van der Waals surface area contributed by atoms with Gasteiger partial charge in [-0.25, -0.2) is 0 Å². The first-order chi connectivity index (χ1) is 33.8. The van der Waals surface area contributed by atoms with E-state index < -0.39 is 0 Å². The average molecular weight is 961 g/mol. The van der Waals surface area contributed by atoms with E-state index in [0.29, 0.717) is 33.4 Å². The molecule has 8 aromatic rings. The molecule has 0 spiro atoms. The number of phenols is 15. The van der Waals surface area contributed by atoms with Crippen molar-refractivity contribution >= 4 is 48.6 Å². The normalized spacial score (nSPS) is 10.9. The largest absolute Gasteiger partial charge is 0.508 e. The zero-order chi connectivity index (χ0) is 51.6. The number of hydrogen-bond acceptors (Lipinski definition) is 15. The number of phenolic OH excluding ortho intramolecular Hbond substituents is 15. The van der Waals surface area contributed by atoms with Crippen LogP contribution in [-0.4, -0.2) is 76.6 Å². The Kier molecular flexibility index (Phi) is 17.8. The summed E-state index contributed by atoms with van der Waals surface area (Å²) in [6.45, 7) is 0. The molecule has 8 aromatic carbocycles. The summed E-state index contributed by atoms with van der Waals surface area (Å²) < 4.78 is 0. The van der Waals surface area contributed by atoms with Gasteiger partial charge >= 0.3 is 0 Å². The Hall–Kier alpha value is -10.3. The molecule has 0 atom stereocenters. The molecule has 71 heavy (non-hydrogen) atoms. The van der Waals surface area contributed by atoms with Crippen LogP contribution in [0.1, 0.15) is 44.5 Å². The fraction of sp³-hybridized carbons (Fsp3) is 0. The molecule has 0 fully saturated rings. The highest BCUT2D eigenvalue weighted by molar-refractivity contribution is 5.77. The monoisotopic (exact) mass is 960 g/mol. The van der Waals surface area contributed by atoms with E-state index in [0.717, 1.165) is 5.56 Å². The van der Waals surface area contributed by atoms with Crippen molar-refractivity contribution in [1.82, 2.24) is 0 Å². The first-order valence-electron chi connectivity index (χ1n) is 21.0. The second-order valence-corrected chi connectivity index (χ2v) is 15.3. The number of benzene rings is 8. The van der Waals surface area contributed by atoms with Gasteiger partial charge in [0.2, 0.25) is 0 Å². The van der Waals surface area contributed by atoms with Crippen molar-refractivity contribution in [2.75, 3.05) is 0 Å². The second-order valence-electron chi connectivity index (χ2n) is 15.3. The van der Waals surface area contributed by atoms with Gasteiger partial charge in [-0.1, -0.05) is 66.8 Å². The minimum atomic E-state index is -0.198. The van der Waals surface area contributed by atoms with Gasteiger partial charge in [-0.15, -0.1) is 0 Å². The highest BCUT2D eigenvalue weighted by atomic mass is 16.3.